The van der Waals surface area contributed by atoms with Gasteiger partial charge in [0.15, 0.2) is 0 Å². The summed E-state index contributed by atoms with van der Waals surface area (Å²) in [4.78, 5) is 15.7. The van der Waals surface area contributed by atoms with Crippen molar-refractivity contribution >= 4 is 51.6 Å². The summed E-state index contributed by atoms with van der Waals surface area (Å²) in [7, 11) is -2.46. The zero-order valence-corrected chi connectivity index (χ0v) is 22.7. The third kappa shape index (κ3) is 6.71. The van der Waals surface area contributed by atoms with Crippen LogP contribution in [-0.2, 0) is 14.8 Å². The van der Waals surface area contributed by atoms with Crippen molar-refractivity contribution in [3.8, 4) is 22.8 Å². The molecule has 1 amide bonds. The van der Waals surface area contributed by atoms with E-state index in [1.807, 2.05) is 35.1 Å². The number of phenolic OH excluding ortho intramolecular Hbond substituents is 1. The molecule has 4 rings (SSSR count). The van der Waals surface area contributed by atoms with Gasteiger partial charge >= 0.3 is 225 Å². The molecule has 13 heteroatoms. The number of methoxy groups -OCH3 is 1. The summed E-state index contributed by atoms with van der Waals surface area (Å²) in [5.41, 5.74) is 5.62. The number of hydrazone groups is 1. The van der Waals surface area contributed by atoms with Gasteiger partial charge in [0.1, 0.15) is 0 Å². The van der Waals surface area contributed by atoms with Crippen molar-refractivity contribution in [3.05, 3.63) is 78.4 Å². The SMILES string of the molecule is COc1cc(/C=N/Nc2nc(-c3ccccc3)c(N=Nc3ccc(S(=O)(=O)NC(C)=O)cc3)[se]2)ccc1O. The predicted octanol–water partition coefficient (Wildman–Crippen LogP) is 4.21. The van der Waals surface area contributed by atoms with Gasteiger partial charge in [-0.15, -0.1) is 0 Å². The Morgan fingerprint density at radius 2 is 1.79 bits per heavy atom. The van der Waals surface area contributed by atoms with Crippen LogP contribution in [-0.4, -0.2) is 52.2 Å². The third-order valence-corrected chi connectivity index (χ3v) is 8.14. The topological polar surface area (TPSA) is 155 Å². The number of amides is 1. The number of nitrogens with one attached hydrogen (secondary N) is 2. The molecule has 0 aliphatic carbocycles. The number of aromatic hydroxyl groups is 1. The first-order valence-corrected chi connectivity index (χ1v) is 14.2. The van der Waals surface area contributed by atoms with E-state index in [1.165, 1.54) is 37.4 Å². The maximum absolute atomic E-state index is 12.1. The molecule has 3 N–H and O–H groups in total. The van der Waals surface area contributed by atoms with E-state index in [0.717, 1.165) is 18.1 Å². The first-order valence-electron chi connectivity index (χ1n) is 11.0. The number of aromatic nitrogens is 1. The summed E-state index contributed by atoms with van der Waals surface area (Å²) in [6, 6.07) is 20.1. The Morgan fingerprint density at radius 3 is 2.47 bits per heavy atom. The Balaban J connectivity index is 1.56. The number of benzene rings is 3. The summed E-state index contributed by atoms with van der Waals surface area (Å²) in [6.07, 6.45) is 1.58. The molecule has 4 aromatic rings. The molecular weight excluding hydrogens is 575 g/mol. The normalized spacial score (nSPS) is 11.6. The van der Waals surface area contributed by atoms with E-state index < -0.39 is 15.9 Å². The Bertz CT molecular complexity index is 1600. The number of hydrogen-bond acceptors (Lipinski definition) is 10. The quantitative estimate of drug-likeness (QED) is 0.113. The predicted molar refractivity (Wildman–Crippen MR) is 144 cm³/mol. The molecule has 0 radical (unpaired) electrons. The van der Waals surface area contributed by atoms with Crippen LogP contribution in [0.15, 0.2) is 93.0 Å². The molecule has 0 bridgehead atoms. The molecule has 3 aromatic carbocycles. The molecule has 11 nitrogen and oxygen atoms in total. The Morgan fingerprint density at radius 1 is 1.05 bits per heavy atom. The number of azo groups is 1. The zero-order valence-electron chi connectivity index (χ0n) is 20.2. The number of nitrogens with zero attached hydrogens (tertiary/aromatic N) is 4. The van der Waals surface area contributed by atoms with Crippen LogP contribution in [0.4, 0.5) is 14.9 Å². The minimum absolute atomic E-state index is 0.0387. The van der Waals surface area contributed by atoms with Crippen LogP contribution >= 0.6 is 0 Å². The number of hydrogen-bond donors (Lipinski definition) is 3. The second-order valence-corrected chi connectivity index (χ2v) is 11.4. The van der Waals surface area contributed by atoms with Crippen LogP contribution in [0, 0.1) is 0 Å². The van der Waals surface area contributed by atoms with E-state index in [0.29, 0.717) is 26.4 Å². The van der Waals surface area contributed by atoms with Crippen molar-refractivity contribution < 1.29 is 23.1 Å². The van der Waals surface area contributed by atoms with Crippen molar-refractivity contribution in [1.82, 2.24) is 9.71 Å². The van der Waals surface area contributed by atoms with Crippen molar-refractivity contribution in [2.24, 2.45) is 15.3 Å². The maximum atomic E-state index is 12.1. The van der Waals surface area contributed by atoms with E-state index in [2.05, 4.69) is 25.7 Å². The van der Waals surface area contributed by atoms with E-state index in [9.17, 15) is 18.3 Å². The van der Waals surface area contributed by atoms with Crippen molar-refractivity contribution in [2.45, 2.75) is 11.8 Å². The average molecular weight is 598 g/mol. The average Bonchev–Trinajstić information content (AvgIpc) is 3.31. The van der Waals surface area contributed by atoms with Gasteiger partial charge in [0.25, 0.3) is 0 Å². The van der Waals surface area contributed by atoms with E-state index >= 15 is 0 Å². The van der Waals surface area contributed by atoms with Gasteiger partial charge in [-0.25, -0.2) is 0 Å². The molecule has 0 aliphatic rings. The first kappa shape index (κ1) is 26.7. The number of carbonyl (C=O) groups excluding carboxylic acids is 1. The van der Waals surface area contributed by atoms with Gasteiger partial charge in [-0.05, 0) is 0 Å². The number of rotatable bonds is 9. The van der Waals surface area contributed by atoms with E-state index in [1.54, 1.807) is 18.3 Å². The standard InChI is InChI=1S/C25H22N6O5SSe/c1-16(32)31-37(34,35)20-11-9-19(10-12-20)28-29-24-23(18-6-4-3-5-7-18)27-25(38-24)30-26-15-17-8-13-21(33)22(14-17)36-2/h3-15,33H,1-2H3,(H,27,30)(H,31,32)/b26-15+,29-28?. The molecule has 0 atom stereocenters. The Labute approximate surface area is 224 Å². The van der Waals surface area contributed by atoms with Gasteiger partial charge in [0.05, 0.1) is 0 Å². The second kappa shape index (κ2) is 11.8. The molecule has 0 fully saturated rings. The van der Waals surface area contributed by atoms with Gasteiger partial charge in [-0.2, -0.15) is 0 Å². The number of carbonyl (C=O) groups is 1. The molecule has 0 aliphatic heterocycles. The van der Waals surface area contributed by atoms with Crippen molar-refractivity contribution in [2.75, 3.05) is 12.5 Å². The fourth-order valence-corrected chi connectivity index (χ4v) is 5.78. The van der Waals surface area contributed by atoms with Crippen LogP contribution < -0.4 is 14.9 Å². The summed E-state index contributed by atoms with van der Waals surface area (Å²) >= 11 is -0.340. The fraction of sp³-hybridized carbons (Fsp3) is 0.0800. The number of sulfonamides is 1. The van der Waals surface area contributed by atoms with Gasteiger partial charge < -0.3 is 0 Å². The Hall–Kier alpha value is -4.32. The number of anilines is 1. The molecule has 1 aromatic heterocycles. The monoisotopic (exact) mass is 598 g/mol. The molecule has 38 heavy (non-hydrogen) atoms. The molecular formula is C25H22N6O5SSe. The van der Waals surface area contributed by atoms with Gasteiger partial charge in [0, 0.05) is 0 Å². The van der Waals surface area contributed by atoms with E-state index in [-0.39, 0.29) is 25.1 Å². The van der Waals surface area contributed by atoms with Crippen molar-refractivity contribution in [3.63, 3.8) is 0 Å². The molecule has 1 heterocycles. The second-order valence-electron chi connectivity index (χ2n) is 7.70. The summed E-state index contributed by atoms with van der Waals surface area (Å²) < 4.78 is 32.6. The van der Waals surface area contributed by atoms with Gasteiger partial charge in [-0.1, -0.05) is 0 Å². The molecule has 0 unspecified atom stereocenters. The van der Waals surface area contributed by atoms with Crippen LogP contribution in [0.1, 0.15) is 12.5 Å². The first-order chi connectivity index (χ1) is 18.2. The van der Waals surface area contributed by atoms with Crippen LogP contribution in [0.2, 0.25) is 0 Å². The Kier molecular flexibility index (Phi) is 8.31. The molecule has 0 saturated heterocycles. The zero-order chi connectivity index (χ0) is 27.1. The summed E-state index contributed by atoms with van der Waals surface area (Å²) in [5, 5.41) is 22.7. The van der Waals surface area contributed by atoms with E-state index in [4.69, 9.17) is 4.74 Å². The fourth-order valence-electron chi connectivity index (χ4n) is 3.19. The molecule has 194 valence electrons. The summed E-state index contributed by atoms with van der Waals surface area (Å²) in [5.74, 6) is -0.293. The van der Waals surface area contributed by atoms with Crippen LogP contribution in [0.5, 0.6) is 11.5 Å². The summed E-state index contributed by atoms with van der Waals surface area (Å²) in [6.45, 7) is 1.13. The minimum atomic E-state index is -3.93. The van der Waals surface area contributed by atoms with Crippen LogP contribution in [0.3, 0.4) is 0 Å². The molecule has 0 saturated carbocycles. The number of phenols is 1. The number of ether oxygens (including phenoxy) is 1. The molecule has 0 spiro atoms. The van der Waals surface area contributed by atoms with Crippen LogP contribution in [0.25, 0.3) is 11.3 Å². The van der Waals surface area contributed by atoms with Gasteiger partial charge in [-0.3, -0.25) is 0 Å². The third-order valence-electron chi connectivity index (χ3n) is 4.92. The van der Waals surface area contributed by atoms with Crippen molar-refractivity contribution in [1.29, 1.82) is 0 Å². The van der Waals surface area contributed by atoms with Gasteiger partial charge in [0.2, 0.25) is 0 Å².